The van der Waals surface area contributed by atoms with E-state index in [9.17, 15) is 0 Å². The third kappa shape index (κ3) is 6.17. The van der Waals surface area contributed by atoms with E-state index in [1.807, 2.05) is 3.33 Å². The number of nitrogens with one attached hydrogen (secondary N) is 1. The van der Waals surface area contributed by atoms with Crippen molar-refractivity contribution < 1.29 is 45.7 Å². The maximum Gasteiger partial charge on any atom is -1.00 e. The molecular formula is C14H26Cl2HfNSi. The van der Waals surface area contributed by atoms with Gasteiger partial charge in [-0.2, -0.15) is 0 Å². The summed E-state index contributed by atoms with van der Waals surface area (Å²) in [6, 6.07) is 0.891. The molecule has 0 unspecified atom stereocenters. The molecule has 1 N–H and O–H groups in total. The number of hydrogen-bond donors (Lipinski definition) is 1. The van der Waals surface area contributed by atoms with Crippen molar-refractivity contribution in [3.8, 4) is 0 Å². The van der Waals surface area contributed by atoms with Gasteiger partial charge in [0.25, 0.3) is 0 Å². The van der Waals surface area contributed by atoms with E-state index >= 15 is 0 Å². The molecule has 0 heterocycles. The van der Waals surface area contributed by atoms with Gasteiger partial charge in [0.05, 0.1) is 0 Å². The molecule has 0 aromatic heterocycles. The molecule has 0 radical (unpaired) electrons. The molecule has 5 heteroatoms. The van der Waals surface area contributed by atoms with Crippen LogP contribution in [0.5, 0.6) is 0 Å². The van der Waals surface area contributed by atoms with Gasteiger partial charge in [0.15, 0.2) is 0 Å². The fourth-order valence-corrected chi connectivity index (χ4v) is 25.0. The molecule has 19 heavy (non-hydrogen) atoms. The van der Waals surface area contributed by atoms with E-state index in [1.165, 1.54) is 44.1 Å². The third-order valence-corrected chi connectivity index (χ3v) is 28.3. The van der Waals surface area contributed by atoms with Crippen LogP contribution >= 0.6 is 0 Å². The Hall–Kier alpha value is 1.11. The fraction of sp³-hybridized carbons (Fsp3) is 0.714. The Labute approximate surface area is 140 Å². The molecule has 0 amide bonds. The van der Waals surface area contributed by atoms with Gasteiger partial charge in [-0.1, -0.05) is 0 Å². The average Bonchev–Trinajstić information content (AvgIpc) is 2.73. The van der Waals surface area contributed by atoms with Gasteiger partial charge in [0, 0.05) is 0 Å². The second kappa shape index (κ2) is 9.94. The first kappa shape index (κ1) is 20.1. The summed E-state index contributed by atoms with van der Waals surface area (Å²) in [7, 11) is 0. The second-order valence-corrected chi connectivity index (χ2v) is 31.7. The SMILES string of the molecule is CC1=CC[C]([Hf+2]([NH]C2CCCCC2)[SiH](C)C)=C1.[Cl-].[Cl-]. The first-order valence-corrected chi connectivity index (χ1v) is 19.9. The topological polar surface area (TPSA) is 12.0 Å². The molecule has 2 rings (SSSR count). The van der Waals surface area contributed by atoms with Gasteiger partial charge in [-0.15, -0.1) is 0 Å². The van der Waals surface area contributed by atoms with Crippen molar-refractivity contribution >= 4 is 5.98 Å². The second-order valence-electron chi connectivity index (χ2n) is 5.87. The largest absolute Gasteiger partial charge is 1.00 e. The molecule has 2 aliphatic rings. The molecule has 0 aromatic rings. The monoisotopic (exact) mass is 486 g/mol. The molecule has 0 atom stereocenters. The van der Waals surface area contributed by atoms with Gasteiger partial charge in [-0.3, -0.25) is 0 Å². The summed E-state index contributed by atoms with van der Waals surface area (Å²) in [5, 5.41) is 0. The Morgan fingerprint density at radius 3 is 2.26 bits per heavy atom. The van der Waals surface area contributed by atoms with Crippen molar-refractivity contribution in [2.45, 2.75) is 64.6 Å². The molecule has 0 bridgehead atoms. The minimum Gasteiger partial charge on any atom is -1.00 e. The minimum absolute atomic E-state index is 0. The van der Waals surface area contributed by atoms with E-state index in [0.29, 0.717) is 0 Å². The summed E-state index contributed by atoms with van der Waals surface area (Å²) in [5.41, 5.74) is 1.52. The number of allylic oxidation sites excluding steroid dienone is 4. The van der Waals surface area contributed by atoms with Crippen LogP contribution in [0.4, 0.5) is 0 Å². The smallest absolute Gasteiger partial charge is 1.00 e. The Kier molecular flexibility index (Phi) is 10.5. The van der Waals surface area contributed by atoms with Crippen molar-refractivity contribution in [2.75, 3.05) is 0 Å². The van der Waals surface area contributed by atoms with Gasteiger partial charge in [-0.25, -0.2) is 0 Å². The zero-order valence-corrected chi connectivity index (χ0v) is 18.6. The van der Waals surface area contributed by atoms with E-state index in [4.69, 9.17) is 0 Å². The molecule has 0 aromatic carbocycles. The molecule has 0 saturated heterocycles. The number of hydrogen-bond acceptors (Lipinski definition) is 1. The van der Waals surface area contributed by atoms with Crippen molar-refractivity contribution in [1.29, 1.82) is 0 Å². The standard InChI is InChI=1S/C6H12N.C6H7.C2H7Si.2ClH.Hf/c7-6-4-2-1-3-5-6;1-6-4-2-3-5-6;1-3-2;;;/h6-7H,1-5H2;4-5H,2H2,1H3;3H,1-2H3;2*1H;/q-1;;;;;+3/p-2. The van der Waals surface area contributed by atoms with E-state index in [0.717, 1.165) is 6.04 Å². The quantitative estimate of drug-likeness (QED) is 0.441. The molecule has 109 valence electrons. The van der Waals surface area contributed by atoms with Crippen LogP contribution in [0.2, 0.25) is 13.1 Å². The summed E-state index contributed by atoms with van der Waals surface area (Å²) in [5.74, 6) is -0.437. The summed E-state index contributed by atoms with van der Waals surface area (Å²) in [6.07, 6.45) is 13.5. The molecule has 1 nitrogen and oxygen atoms in total. The first-order chi connectivity index (χ1) is 8.16. The minimum atomic E-state index is -1.57. The van der Waals surface area contributed by atoms with Crippen LogP contribution < -0.4 is 28.1 Å². The Balaban J connectivity index is 0.00000162. The van der Waals surface area contributed by atoms with Gasteiger partial charge in [-0.05, 0) is 0 Å². The van der Waals surface area contributed by atoms with Gasteiger partial charge >= 0.3 is 116 Å². The van der Waals surface area contributed by atoms with Gasteiger partial charge in [0.2, 0.25) is 0 Å². The van der Waals surface area contributed by atoms with Gasteiger partial charge in [0.1, 0.15) is 0 Å². The Bertz CT molecular complexity index is 325. The summed E-state index contributed by atoms with van der Waals surface area (Å²) >= 11 is -1.57. The van der Waals surface area contributed by atoms with Crippen molar-refractivity contribution in [3.05, 3.63) is 21.1 Å². The normalized spacial score (nSPS) is 19.4. The van der Waals surface area contributed by atoms with Crippen molar-refractivity contribution in [1.82, 2.24) is 3.30 Å². The van der Waals surface area contributed by atoms with Crippen LogP contribution in [0.1, 0.15) is 45.4 Å². The number of halogens is 2. The molecule has 0 aliphatic heterocycles. The van der Waals surface area contributed by atoms with Crippen LogP contribution in [0, 0.1) is 0 Å². The maximum atomic E-state index is 4.19. The van der Waals surface area contributed by atoms with E-state index in [1.54, 1.807) is 0 Å². The molecule has 0 spiro atoms. The third-order valence-electron chi connectivity index (χ3n) is 3.93. The van der Waals surface area contributed by atoms with E-state index in [-0.39, 0.29) is 24.8 Å². The fourth-order valence-electron chi connectivity index (χ4n) is 2.95. The van der Waals surface area contributed by atoms with Crippen LogP contribution in [0.3, 0.4) is 0 Å². The summed E-state index contributed by atoms with van der Waals surface area (Å²) in [6.45, 7) is 7.41. The summed E-state index contributed by atoms with van der Waals surface area (Å²) < 4.78 is 6.07. The van der Waals surface area contributed by atoms with Crippen molar-refractivity contribution in [2.24, 2.45) is 0 Å². The predicted octanol–water partition coefficient (Wildman–Crippen LogP) is -2.33. The van der Waals surface area contributed by atoms with Crippen molar-refractivity contribution in [3.63, 3.8) is 0 Å². The maximum absolute atomic E-state index is 4.19. The molecule has 2 aliphatic carbocycles. The van der Waals surface area contributed by atoms with Crippen LogP contribution in [0.15, 0.2) is 21.1 Å². The predicted molar refractivity (Wildman–Crippen MR) is 75.3 cm³/mol. The average molecular weight is 486 g/mol. The van der Waals surface area contributed by atoms with Crippen LogP contribution in [-0.2, 0) is 20.9 Å². The number of rotatable bonds is 4. The zero-order chi connectivity index (χ0) is 12.3. The van der Waals surface area contributed by atoms with Crippen LogP contribution in [0.25, 0.3) is 0 Å². The first-order valence-electron chi connectivity index (χ1n) is 7.18. The Morgan fingerprint density at radius 2 is 1.79 bits per heavy atom. The summed E-state index contributed by atoms with van der Waals surface area (Å²) in [4.78, 5) is 0. The van der Waals surface area contributed by atoms with E-state index < -0.39 is 26.9 Å². The van der Waals surface area contributed by atoms with E-state index in [2.05, 4.69) is 35.5 Å². The molecular weight excluding hydrogens is 460 g/mol. The zero-order valence-electron chi connectivity index (χ0n) is 12.3. The van der Waals surface area contributed by atoms with Crippen LogP contribution in [-0.4, -0.2) is 12.0 Å². The van der Waals surface area contributed by atoms with Gasteiger partial charge < -0.3 is 24.8 Å². The molecule has 1 saturated carbocycles. The molecule has 1 fully saturated rings. The Morgan fingerprint density at radius 1 is 1.16 bits per heavy atom.